The van der Waals surface area contributed by atoms with Crippen molar-refractivity contribution in [2.24, 2.45) is 0 Å². The van der Waals surface area contributed by atoms with Crippen LogP contribution in [0.25, 0.3) is 11.1 Å². The Balaban J connectivity index is 1.99. The highest BCUT2D eigenvalue weighted by atomic mass is 32.2. The van der Waals surface area contributed by atoms with Gasteiger partial charge in [0.15, 0.2) is 23.0 Å². The number of oxazole rings is 1. The molecule has 0 bridgehead atoms. The molecule has 0 radical (unpaired) electrons. The summed E-state index contributed by atoms with van der Waals surface area (Å²) in [6, 6.07) is 5.52. The van der Waals surface area contributed by atoms with Crippen LogP contribution in [0.1, 0.15) is 26.7 Å². The summed E-state index contributed by atoms with van der Waals surface area (Å²) in [4.78, 5) is 3.31. The van der Waals surface area contributed by atoms with E-state index in [1.54, 1.807) is 0 Å². The van der Waals surface area contributed by atoms with E-state index in [-0.39, 0.29) is 11.1 Å². The van der Waals surface area contributed by atoms with Gasteiger partial charge in [-0.15, -0.1) is 0 Å². The molecule has 0 aliphatic rings. The second-order valence-corrected chi connectivity index (χ2v) is 8.38. The fourth-order valence-corrected chi connectivity index (χ4v) is 3.36. The number of nitrogens with one attached hydrogen (secondary N) is 1. The molecule has 0 fully saturated rings. The monoisotopic (exact) mass is 384 g/mol. The van der Waals surface area contributed by atoms with Gasteiger partial charge >= 0.3 is 0 Å². The number of nitrogens with zero attached hydrogens (tertiary/aromatic N) is 1. The molecule has 0 saturated heterocycles. The van der Waals surface area contributed by atoms with Gasteiger partial charge < -0.3 is 4.42 Å². The van der Waals surface area contributed by atoms with Crippen LogP contribution in [0.3, 0.4) is 0 Å². The Morgan fingerprint density at radius 2 is 1.73 bits per heavy atom. The quantitative estimate of drug-likeness (QED) is 0.682. The zero-order chi connectivity index (χ0) is 19.3. The summed E-state index contributed by atoms with van der Waals surface area (Å²) in [5.74, 6) is -4.64. The lowest BCUT2D eigenvalue weighted by Gasteiger charge is -2.11. The zero-order valence-corrected chi connectivity index (χ0v) is 14.9. The molecule has 1 heterocycles. The van der Waals surface area contributed by atoms with Gasteiger partial charge in [-0.2, -0.15) is 0 Å². The number of sulfonamides is 1. The van der Waals surface area contributed by atoms with Crippen LogP contribution in [0, 0.1) is 17.5 Å². The topological polar surface area (TPSA) is 72.2 Å². The minimum Gasteiger partial charge on any atom is -0.440 e. The van der Waals surface area contributed by atoms with E-state index in [9.17, 15) is 21.6 Å². The normalized spacial score (nSPS) is 12.5. The Labute approximate surface area is 147 Å². The lowest BCUT2D eigenvalue weighted by Crippen LogP contribution is -2.15. The maximum atomic E-state index is 13.8. The van der Waals surface area contributed by atoms with E-state index in [4.69, 9.17) is 4.42 Å². The first-order valence-corrected chi connectivity index (χ1v) is 9.05. The molecule has 0 atom stereocenters. The van der Waals surface area contributed by atoms with Crippen LogP contribution in [0.2, 0.25) is 0 Å². The molecule has 0 aliphatic heterocycles. The molecule has 1 N–H and O–H groups in total. The molecule has 0 saturated carbocycles. The van der Waals surface area contributed by atoms with Crippen LogP contribution in [0.4, 0.5) is 18.9 Å². The predicted octanol–water partition coefficient (Wildman–Crippen LogP) is 4.34. The van der Waals surface area contributed by atoms with Crippen molar-refractivity contribution in [3.63, 3.8) is 0 Å². The van der Waals surface area contributed by atoms with E-state index >= 15 is 0 Å². The molecule has 0 amide bonds. The number of rotatable bonds is 3. The Bertz CT molecular complexity index is 1100. The van der Waals surface area contributed by atoms with Crippen molar-refractivity contribution in [2.75, 3.05) is 4.72 Å². The Hall–Kier alpha value is -2.55. The van der Waals surface area contributed by atoms with Gasteiger partial charge in [0, 0.05) is 5.41 Å². The highest BCUT2D eigenvalue weighted by molar-refractivity contribution is 7.92. The van der Waals surface area contributed by atoms with E-state index in [0.717, 1.165) is 0 Å². The van der Waals surface area contributed by atoms with Gasteiger partial charge in [0.05, 0.1) is 5.69 Å². The van der Waals surface area contributed by atoms with Crippen molar-refractivity contribution in [2.45, 2.75) is 31.1 Å². The minimum absolute atomic E-state index is 0.0791. The Morgan fingerprint density at radius 3 is 2.38 bits per heavy atom. The second kappa shape index (κ2) is 6.01. The maximum Gasteiger partial charge on any atom is 0.264 e. The Morgan fingerprint density at radius 1 is 1.04 bits per heavy atom. The van der Waals surface area contributed by atoms with Gasteiger partial charge in [0.2, 0.25) is 5.89 Å². The number of hydrogen-bond acceptors (Lipinski definition) is 4. The number of halogens is 3. The lowest BCUT2D eigenvalue weighted by atomic mass is 9.97. The third-order valence-corrected chi connectivity index (χ3v) is 4.97. The van der Waals surface area contributed by atoms with Crippen molar-refractivity contribution >= 4 is 26.8 Å². The molecule has 9 heteroatoms. The van der Waals surface area contributed by atoms with E-state index in [0.29, 0.717) is 29.1 Å². The van der Waals surface area contributed by atoms with Crippen molar-refractivity contribution in [1.29, 1.82) is 0 Å². The van der Waals surface area contributed by atoms with Gasteiger partial charge in [-0.1, -0.05) is 20.8 Å². The summed E-state index contributed by atoms with van der Waals surface area (Å²) in [6.45, 7) is 5.73. The van der Waals surface area contributed by atoms with Gasteiger partial charge in [0.25, 0.3) is 10.0 Å². The fraction of sp³-hybridized carbons (Fsp3) is 0.235. The molecular formula is C17H15F3N2O3S. The highest BCUT2D eigenvalue weighted by Gasteiger charge is 2.25. The molecule has 2 aromatic carbocycles. The van der Waals surface area contributed by atoms with Gasteiger partial charge in [0.1, 0.15) is 10.4 Å². The number of hydrogen-bond donors (Lipinski definition) is 1. The third-order valence-electron chi connectivity index (χ3n) is 3.57. The van der Waals surface area contributed by atoms with Crippen LogP contribution < -0.4 is 4.72 Å². The van der Waals surface area contributed by atoms with E-state index in [1.807, 2.05) is 20.8 Å². The maximum absolute atomic E-state index is 13.8. The van der Waals surface area contributed by atoms with Crippen molar-refractivity contribution in [3.8, 4) is 0 Å². The summed E-state index contributed by atoms with van der Waals surface area (Å²) in [5.41, 5.74) is 0.598. The summed E-state index contributed by atoms with van der Waals surface area (Å²) < 4.78 is 72.4. The largest absolute Gasteiger partial charge is 0.440 e. The van der Waals surface area contributed by atoms with Gasteiger partial charge in [-0.05, 0) is 30.3 Å². The number of anilines is 1. The summed E-state index contributed by atoms with van der Waals surface area (Å²) >= 11 is 0. The molecule has 5 nitrogen and oxygen atoms in total. The van der Waals surface area contributed by atoms with Crippen LogP contribution in [0.15, 0.2) is 39.6 Å². The molecular weight excluding hydrogens is 369 g/mol. The lowest BCUT2D eigenvalue weighted by molar-refractivity contribution is 0.411. The first-order chi connectivity index (χ1) is 12.0. The summed E-state index contributed by atoms with van der Waals surface area (Å²) in [7, 11) is -4.46. The summed E-state index contributed by atoms with van der Waals surface area (Å²) in [5, 5.41) is 0. The molecule has 0 aliphatic carbocycles. The van der Waals surface area contributed by atoms with Crippen LogP contribution in [-0.4, -0.2) is 13.4 Å². The first kappa shape index (κ1) is 18.2. The van der Waals surface area contributed by atoms with Crippen LogP contribution >= 0.6 is 0 Å². The van der Waals surface area contributed by atoms with Crippen molar-refractivity contribution in [3.05, 3.63) is 53.7 Å². The fourth-order valence-electron chi connectivity index (χ4n) is 2.24. The average Bonchev–Trinajstić information content (AvgIpc) is 2.95. The molecule has 0 unspecified atom stereocenters. The molecule has 0 spiro atoms. The smallest absolute Gasteiger partial charge is 0.264 e. The average molecular weight is 384 g/mol. The molecule has 26 heavy (non-hydrogen) atoms. The molecule has 3 aromatic rings. The molecule has 3 rings (SSSR count). The van der Waals surface area contributed by atoms with Crippen molar-refractivity contribution in [1.82, 2.24) is 4.98 Å². The zero-order valence-electron chi connectivity index (χ0n) is 14.1. The first-order valence-electron chi connectivity index (χ1n) is 7.56. The van der Waals surface area contributed by atoms with E-state index < -0.39 is 32.4 Å². The SMILES string of the molecule is CC(C)(C)c1nc2cc(NS(=O)(=O)c3ccc(F)c(F)c3F)ccc2o1. The summed E-state index contributed by atoms with van der Waals surface area (Å²) in [6.07, 6.45) is 0. The number of benzene rings is 2. The Kier molecular flexibility index (Phi) is 4.22. The van der Waals surface area contributed by atoms with E-state index in [1.165, 1.54) is 18.2 Å². The predicted molar refractivity (Wildman–Crippen MR) is 89.8 cm³/mol. The highest BCUT2D eigenvalue weighted by Crippen LogP contribution is 2.28. The number of aromatic nitrogens is 1. The van der Waals surface area contributed by atoms with Gasteiger partial charge in [-0.25, -0.2) is 26.6 Å². The molecule has 138 valence electrons. The second-order valence-electron chi connectivity index (χ2n) is 6.73. The van der Waals surface area contributed by atoms with E-state index in [2.05, 4.69) is 9.71 Å². The molecule has 1 aromatic heterocycles. The third kappa shape index (κ3) is 3.26. The number of fused-ring (bicyclic) bond motifs is 1. The van der Waals surface area contributed by atoms with Gasteiger partial charge in [-0.3, -0.25) is 4.72 Å². The minimum atomic E-state index is -4.46. The standard InChI is InChI=1S/C17H15F3N2O3S/c1-17(2,3)16-21-11-8-9(4-6-12(11)25-16)22-26(23,24)13-7-5-10(18)14(19)15(13)20/h4-8,22H,1-3H3. The van der Waals surface area contributed by atoms with Crippen molar-refractivity contribution < 1.29 is 26.0 Å². The van der Waals surface area contributed by atoms with Crippen LogP contribution in [0.5, 0.6) is 0 Å². The van der Waals surface area contributed by atoms with Crippen LogP contribution in [-0.2, 0) is 15.4 Å².